The zero-order valence-electron chi connectivity index (χ0n) is 17.7. The fraction of sp³-hybridized carbons (Fsp3) is 0.364. The van der Waals surface area contributed by atoms with Crippen molar-refractivity contribution in [2.75, 3.05) is 11.0 Å². The van der Waals surface area contributed by atoms with Crippen molar-refractivity contribution in [2.24, 2.45) is 5.41 Å². The molecule has 2 aliphatic rings. The zero-order valence-corrected chi connectivity index (χ0v) is 18.5. The van der Waals surface area contributed by atoms with Gasteiger partial charge in [0.05, 0.1) is 40.5 Å². The van der Waals surface area contributed by atoms with Crippen LogP contribution in [0.25, 0.3) is 11.3 Å². The maximum Gasteiger partial charge on any atom is 0.231 e. The van der Waals surface area contributed by atoms with Crippen LogP contribution in [0.2, 0.25) is 0 Å². The number of hydrogen-bond acceptors (Lipinski definition) is 6. The summed E-state index contributed by atoms with van der Waals surface area (Å²) < 4.78 is 54.5. The molecule has 2 aromatic heterocycles. The number of benzene rings is 1. The summed E-state index contributed by atoms with van der Waals surface area (Å²) in [5, 5.41) is 8.65. The summed E-state index contributed by atoms with van der Waals surface area (Å²) >= 11 is 0. The van der Waals surface area contributed by atoms with Gasteiger partial charge in [0.1, 0.15) is 11.6 Å². The van der Waals surface area contributed by atoms with Crippen LogP contribution in [-0.2, 0) is 15.4 Å². The van der Waals surface area contributed by atoms with E-state index in [1.54, 1.807) is 12.3 Å². The molecule has 0 unspecified atom stereocenters. The largest absolute Gasteiger partial charge is 0.266 e. The van der Waals surface area contributed by atoms with Gasteiger partial charge >= 0.3 is 0 Å². The van der Waals surface area contributed by atoms with E-state index in [0.29, 0.717) is 11.4 Å². The Labute approximate surface area is 184 Å². The number of fused-ring (bicyclic) bond motifs is 5. The minimum absolute atomic E-state index is 0.0786. The maximum absolute atomic E-state index is 14.4. The third-order valence-corrected chi connectivity index (χ3v) is 7.54. The van der Waals surface area contributed by atoms with Gasteiger partial charge in [-0.25, -0.2) is 22.2 Å². The molecule has 0 aliphatic heterocycles. The van der Waals surface area contributed by atoms with Crippen molar-refractivity contribution < 1.29 is 17.2 Å². The highest BCUT2D eigenvalue weighted by molar-refractivity contribution is 7.92. The monoisotopic (exact) mass is 457 g/mol. The minimum Gasteiger partial charge on any atom is -0.266 e. The summed E-state index contributed by atoms with van der Waals surface area (Å²) in [5.41, 5.74) is 1.15. The Morgan fingerprint density at radius 3 is 2.53 bits per heavy atom. The van der Waals surface area contributed by atoms with Crippen LogP contribution in [0.4, 0.5) is 14.6 Å². The first-order valence-electron chi connectivity index (χ1n) is 10.2. The fourth-order valence-corrected chi connectivity index (χ4v) is 6.05. The summed E-state index contributed by atoms with van der Waals surface area (Å²) in [4.78, 5) is 8.79. The lowest BCUT2D eigenvalue weighted by atomic mass is 9.66. The van der Waals surface area contributed by atoms with Crippen molar-refractivity contribution in [3.63, 3.8) is 0 Å². The van der Waals surface area contributed by atoms with Gasteiger partial charge in [0, 0.05) is 6.20 Å². The third kappa shape index (κ3) is 2.85. The van der Waals surface area contributed by atoms with Gasteiger partial charge in [-0.15, -0.1) is 5.10 Å². The SMILES string of the molecule is CC1(C)[C@H]2CC[C@]1(c1cncc(NS(C)(=O)=O)n1)c1nnc(-c3c(F)cccc3F)cc12. The molecule has 1 N–H and O–H groups in total. The van der Waals surface area contributed by atoms with Gasteiger partial charge in [-0.3, -0.25) is 9.71 Å². The van der Waals surface area contributed by atoms with Crippen molar-refractivity contribution in [2.45, 2.75) is 38.0 Å². The van der Waals surface area contributed by atoms with E-state index < -0.39 is 27.1 Å². The average molecular weight is 458 g/mol. The highest BCUT2D eigenvalue weighted by atomic mass is 32.2. The number of nitrogens with one attached hydrogen (secondary N) is 1. The van der Waals surface area contributed by atoms with Gasteiger partial charge in [-0.2, -0.15) is 5.10 Å². The first-order chi connectivity index (χ1) is 15.0. The smallest absolute Gasteiger partial charge is 0.231 e. The van der Waals surface area contributed by atoms with E-state index in [1.165, 1.54) is 24.4 Å². The molecule has 166 valence electrons. The van der Waals surface area contributed by atoms with Crippen LogP contribution in [0.1, 0.15) is 49.6 Å². The van der Waals surface area contributed by atoms with Gasteiger partial charge in [0.25, 0.3) is 0 Å². The van der Waals surface area contributed by atoms with Gasteiger partial charge < -0.3 is 0 Å². The van der Waals surface area contributed by atoms with Crippen LogP contribution < -0.4 is 4.72 Å². The molecule has 10 heteroatoms. The lowest BCUT2D eigenvalue weighted by Gasteiger charge is -2.37. The predicted molar refractivity (Wildman–Crippen MR) is 114 cm³/mol. The van der Waals surface area contributed by atoms with Gasteiger partial charge in [-0.1, -0.05) is 19.9 Å². The van der Waals surface area contributed by atoms with E-state index in [2.05, 4.69) is 38.7 Å². The van der Waals surface area contributed by atoms with Crippen molar-refractivity contribution in [1.82, 2.24) is 20.2 Å². The second-order valence-electron chi connectivity index (χ2n) is 9.01. The lowest BCUT2D eigenvalue weighted by Crippen LogP contribution is -2.38. The van der Waals surface area contributed by atoms with Crippen molar-refractivity contribution in [3.05, 3.63) is 65.2 Å². The topological polar surface area (TPSA) is 97.7 Å². The number of hydrogen-bond donors (Lipinski definition) is 1. The van der Waals surface area contributed by atoms with E-state index in [1.807, 2.05) is 0 Å². The van der Waals surface area contributed by atoms with Crippen LogP contribution in [0, 0.1) is 17.0 Å². The van der Waals surface area contributed by atoms with E-state index in [4.69, 9.17) is 0 Å². The van der Waals surface area contributed by atoms with Gasteiger partial charge in [-0.05, 0) is 47.9 Å². The second-order valence-corrected chi connectivity index (χ2v) is 10.8. The Morgan fingerprint density at radius 1 is 1.12 bits per heavy atom. The molecular formula is C22H21F2N5O2S. The molecule has 2 heterocycles. The van der Waals surface area contributed by atoms with Gasteiger partial charge in [0.15, 0.2) is 5.82 Å². The lowest BCUT2D eigenvalue weighted by molar-refractivity contribution is 0.242. The van der Waals surface area contributed by atoms with E-state index in [-0.39, 0.29) is 28.4 Å². The molecule has 32 heavy (non-hydrogen) atoms. The Kier molecular flexibility index (Phi) is 4.40. The molecule has 1 aromatic carbocycles. The Bertz CT molecular complexity index is 1340. The highest BCUT2D eigenvalue weighted by Crippen LogP contribution is 2.69. The summed E-state index contributed by atoms with van der Waals surface area (Å²) in [7, 11) is -3.52. The van der Waals surface area contributed by atoms with Crippen LogP contribution in [-0.4, -0.2) is 34.8 Å². The van der Waals surface area contributed by atoms with E-state index in [0.717, 1.165) is 24.7 Å². The Balaban J connectivity index is 1.68. The van der Waals surface area contributed by atoms with E-state index >= 15 is 0 Å². The molecule has 1 saturated carbocycles. The molecule has 0 spiro atoms. The molecule has 0 radical (unpaired) electrons. The Hall–Kier alpha value is -3.01. The predicted octanol–water partition coefficient (Wildman–Crippen LogP) is 3.79. The molecule has 2 aliphatic carbocycles. The zero-order chi connectivity index (χ0) is 22.9. The maximum atomic E-state index is 14.4. The van der Waals surface area contributed by atoms with Crippen molar-refractivity contribution in [1.29, 1.82) is 0 Å². The molecule has 0 saturated heterocycles. The summed E-state index contributed by atoms with van der Waals surface area (Å²) in [5.74, 6) is -1.18. The molecule has 2 atom stereocenters. The van der Waals surface area contributed by atoms with Crippen LogP contribution >= 0.6 is 0 Å². The molecule has 2 bridgehead atoms. The number of nitrogens with zero attached hydrogens (tertiary/aromatic N) is 4. The first kappa shape index (κ1) is 20.9. The number of halogens is 2. The summed E-state index contributed by atoms with van der Waals surface area (Å²) in [6.45, 7) is 4.21. The molecule has 3 aromatic rings. The number of aromatic nitrogens is 4. The number of anilines is 1. The van der Waals surface area contributed by atoms with Crippen LogP contribution in [0.3, 0.4) is 0 Å². The molecule has 1 fully saturated rings. The van der Waals surface area contributed by atoms with Crippen molar-refractivity contribution >= 4 is 15.8 Å². The molecular weight excluding hydrogens is 436 g/mol. The normalized spacial score (nSPS) is 23.2. The Morgan fingerprint density at radius 2 is 1.84 bits per heavy atom. The molecule has 5 rings (SSSR count). The quantitative estimate of drug-likeness (QED) is 0.640. The average Bonchev–Trinajstić information content (AvgIpc) is 3.08. The third-order valence-electron chi connectivity index (χ3n) is 6.96. The molecule has 7 nitrogen and oxygen atoms in total. The standard InChI is InChI=1S/C22H21F2N5O2S/c1-21(2)13-7-8-22(21,17-10-25-11-18(26-17)29-32(3,30)31)20-12(13)9-16(27-28-20)19-14(23)5-4-6-15(19)24/h4-6,9-11,13H,7-8H2,1-3H3,(H,26,29)/t13-,22-/m0/s1. The van der Waals surface area contributed by atoms with Crippen molar-refractivity contribution in [3.8, 4) is 11.3 Å². The number of rotatable bonds is 4. The number of sulfonamides is 1. The second kappa shape index (κ2) is 6.74. The van der Waals surface area contributed by atoms with Crippen LogP contribution in [0.15, 0.2) is 36.7 Å². The van der Waals surface area contributed by atoms with E-state index in [9.17, 15) is 17.2 Å². The van der Waals surface area contributed by atoms with Gasteiger partial charge in [0.2, 0.25) is 10.0 Å². The van der Waals surface area contributed by atoms with Crippen LogP contribution in [0.5, 0.6) is 0 Å². The molecule has 0 amide bonds. The minimum atomic E-state index is -3.52. The fourth-order valence-electron chi connectivity index (χ4n) is 5.57. The highest BCUT2D eigenvalue weighted by Gasteiger charge is 2.65. The summed E-state index contributed by atoms with van der Waals surface area (Å²) in [6, 6.07) is 5.43. The summed E-state index contributed by atoms with van der Waals surface area (Å²) in [6.07, 6.45) is 5.59. The first-order valence-corrected chi connectivity index (χ1v) is 12.1.